The Balaban J connectivity index is 1.68. The molecular formula is C19H21N5O. The number of pyridine rings is 1. The average molecular weight is 335 g/mol. The second-order valence-electron chi connectivity index (χ2n) is 6.14. The largest absolute Gasteiger partial charge is 0.378 e. The van der Waals surface area contributed by atoms with Crippen LogP contribution < -0.4 is 10.2 Å². The molecule has 0 atom stereocenters. The van der Waals surface area contributed by atoms with Gasteiger partial charge in [-0.3, -0.25) is 4.98 Å². The predicted molar refractivity (Wildman–Crippen MR) is 98.9 cm³/mol. The fourth-order valence-corrected chi connectivity index (χ4v) is 2.97. The fourth-order valence-electron chi connectivity index (χ4n) is 2.97. The number of nitrogens with zero attached hydrogens (tertiary/aromatic N) is 4. The maximum Gasteiger partial charge on any atom is 0.172 e. The van der Waals surface area contributed by atoms with Crippen molar-refractivity contribution in [1.82, 2.24) is 15.0 Å². The molecule has 25 heavy (non-hydrogen) atoms. The summed E-state index contributed by atoms with van der Waals surface area (Å²) in [6.45, 7) is 5.85. The van der Waals surface area contributed by atoms with Gasteiger partial charge in [0, 0.05) is 32.0 Å². The van der Waals surface area contributed by atoms with Gasteiger partial charge in [0.05, 0.1) is 24.2 Å². The van der Waals surface area contributed by atoms with Crippen molar-refractivity contribution in [3.63, 3.8) is 0 Å². The van der Waals surface area contributed by atoms with E-state index >= 15 is 0 Å². The van der Waals surface area contributed by atoms with E-state index in [0.29, 0.717) is 6.54 Å². The number of hydrogen-bond acceptors (Lipinski definition) is 6. The molecule has 1 aliphatic rings. The number of nitrogens with one attached hydrogen (secondary N) is 1. The zero-order chi connectivity index (χ0) is 17.1. The minimum atomic E-state index is 0.671. The van der Waals surface area contributed by atoms with E-state index in [4.69, 9.17) is 14.7 Å². The summed E-state index contributed by atoms with van der Waals surface area (Å²) in [6.07, 6.45) is 3.71. The molecule has 128 valence electrons. The fraction of sp³-hybridized carbons (Fsp3) is 0.316. The summed E-state index contributed by atoms with van der Waals surface area (Å²) in [5.41, 5.74) is 4.17. The molecule has 1 saturated heterocycles. The summed E-state index contributed by atoms with van der Waals surface area (Å²) >= 11 is 0. The van der Waals surface area contributed by atoms with Gasteiger partial charge in [-0.2, -0.15) is 0 Å². The lowest BCUT2D eigenvalue weighted by Crippen LogP contribution is -2.37. The number of ether oxygens (including phenoxy) is 1. The van der Waals surface area contributed by atoms with Crippen LogP contribution in [-0.4, -0.2) is 41.3 Å². The van der Waals surface area contributed by atoms with E-state index in [9.17, 15) is 0 Å². The average Bonchev–Trinajstić information content (AvgIpc) is 2.67. The first-order chi connectivity index (χ1) is 12.3. The number of aromatic nitrogens is 3. The standard InChI is InChI=1S/C19H21N5O/c1-14-6-7-20-12-15(14)13-21-18-19(24-8-10-25-11-9-24)23-17-5-3-2-4-16(17)22-18/h2-7,12H,8-11,13H2,1H3,(H,21,22). The SMILES string of the molecule is Cc1ccncc1CNc1nc2ccccc2nc1N1CCOCC1. The number of para-hydroxylation sites is 2. The molecule has 0 radical (unpaired) electrons. The minimum absolute atomic E-state index is 0.671. The van der Waals surface area contributed by atoms with E-state index in [1.807, 2.05) is 42.7 Å². The minimum Gasteiger partial charge on any atom is -0.378 e. The summed E-state index contributed by atoms with van der Waals surface area (Å²) in [5.74, 6) is 1.70. The Morgan fingerprint density at radius 3 is 2.60 bits per heavy atom. The van der Waals surface area contributed by atoms with Crippen molar-refractivity contribution in [3.05, 3.63) is 53.9 Å². The third-order valence-electron chi connectivity index (χ3n) is 4.46. The van der Waals surface area contributed by atoms with Crippen molar-refractivity contribution >= 4 is 22.7 Å². The smallest absolute Gasteiger partial charge is 0.172 e. The van der Waals surface area contributed by atoms with E-state index in [2.05, 4.69) is 22.1 Å². The van der Waals surface area contributed by atoms with Crippen LogP contribution in [0.1, 0.15) is 11.1 Å². The van der Waals surface area contributed by atoms with Gasteiger partial charge in [-0.25, -0.2) is 9.97 Å². The third kappa shape index (κ3) is 3.39. The number of rotatable bonds is 4. The highest BCUT2D eigenvalue weighted by Crippen LogP contribution is 2.26. The monoisotopic (exact) mass is 335 g/mol. The number of benzene rings is 1. The van der Waals surface area contributed by atoms with Gasteiger partial charge < -0.3 is 15.0 Å². The highest BCUT2D eigenvalue weighted by atomic mass is 16.5. The summed E-state index contributed by atoms with van der Waals surface area (Å²) in [4.78, 5) is 16.1. The highest BCUT2D eigenvalue weighted by molar-refractivity contribution is 5.80. The molecular weight excluding hydrogens is 314 g/mol. The van der Waals surface area contributed by atoms with E-state index < -0.39 is 0 Å². The van der Waals surface area contributed by atoms with E-state index in [0.717, 1.165) is 54.5 Å². The van der Waals surface area contributed by atoms with E-state index in [1.54, 1.807) is 0 Å². The van der Waals surface area contributed by atoms with Gasteiger partial charge >= 0.3 is 0 Å². The van der Waals surface area contributed by atoms with Gasteiger partial charge in [-0.05, 0) is 36.2 Å². The highest BCUT2D eigenvalue weighted by Gasteiger charge is 2.18. The molecule has 0 bridgehead atoms. The van der Waals surface area contributed by atoms with Crippen LogP contribution in [0.25, 0.3) is 11.0 Å². The van der Waals surface area contributed by atoms with Crippen LogP contribution >= 0.6 is 0 Å². The van der Waals surface area contributed by atoms with Crippen molar-refractivity contribution < 1.29 is 4.74 Å². The number of aryl methyl sites for hydroxylation is 1. The number of fused-ring (bicyclic) bond motifs is 1. The van der Waals surface area contributed by atoms with Gasteiger partial charge in [-0.15, -0.1) is 0 Å². The van der Waals surface area contributed by atoms with Gasteiger partial charge in [-0.1, -0.05) is 12.1 Å². The Bertz CT molecular complexity index is 877. The summed E-state index contributed by atoms with van der Waals surface area (Å²) in [7, 11) is 0. The van der Waals surface area contributed by atoms with Crippen LogP contribution in [0.2, 0.25) is 0 Å². The molecule has 4 rings (SSSR count). The summed E-state index contributed by atoms with van der Waals surface area (Å²) < 4.78 is 5.48. The summed E-state index contributed by atoms with van der Waals surface area (Å²) in [6, 6.07) is 9.99. The molecule has 0 spiro atoms. The zero-order valence-electron chi connectivity index (χ0n) is 14.3. The quantitative estimate of drug-likeness (QED) is 0.791. The second kappa shape index (κ2) is 7.03. The van der Waals surface area contributed by atoms with E-state index in [1.165, 1.54) is 5.56 Å². The topological polar surface area (TPSA) is 63.2 Å². The Labute approximate surface area is 146 Å². The van der Waals surface area contributed by atoms with Crippen molar-refractivity contribution in [3.8, 4) is 0 Å². The Kier molecular flexibility index (Phi) is 4.43. The molecule has 0 saturated carbocycles. The Morgan fingerprint density at radius 1 is 1.08 bits per heavy atom. The van der Waals surface area contributed by atoms with Crippen LogP contribution in [0.5, 0.6) is 0 Å². The molecule has 3 heterocycles. The van der Waals surface area contributed by atoms with Gasteiger partial charge in [0.15, 0.2) is 11.6 Å². The maximum atomic E-state index is 5.48. The second-order valence-corrected chi connectivity index (χ2v) is 6.14. The zero-order valence-corrected chi connectivity index (χ0v) is 14.3. The first-order valence-electron chi connectivity index (χ1n) is 8.54. The normalized spacial score (nSPS) is 14.7. The van der Waals surface area contributed by atoms with Gasteiger partial charge in [0.25, 0.3) is 0 Å². The first-order valence-corrected chi connectivity index (χ1v) is 8.54. The van der Waals surface area contributed by atoms with Crippen LogP contribution in [0, 0.1) is 6.92 Å². The van der Waals surface area contributed by atoms with Crippen LogP contribution in [0.3, 0.4) is 0 Å². The van der Waals surface area contributed by atoms with Crippen molar-refractivity contribution in [2.75, 3.05) is 36.5 Å². The van der Waals surface area contributed by atoms with E-state index in [-0.39, 0.29) is 0 Å². The maximum absolute atomic E-state index is 5.48. The molecule has 3 aromatic rings. The first kappa shape index (κ1) is 15.8. The third-order valence-corrected chi connectivity index (χ3v) is 4.46. The molecule has 6 heteroatoms. The Morgan fingerprint density at radius 2 is 1.84 bits per heavy atom. The van der Waals surface area contributed by atoms with Crippen LogP contribution in [0.4, 0.5) is 11.6 Å². The number of hydrogen-bond donors (Lipinski definition) is 1. The lowest BCUT2D eigenvalue weighted by atomic mass is 10.1. The van der Waals surface area contributed by atoms with Gasteiger partial charge in [0.2, 0.25) is 0 Å². The molecule has 2 aromatic heterocycles. The van der Waals surface area contributed by atoms with Crippen LogP contribution in [-0.2, 0) is 11.3 Å². The lowest BCUT2D eigenvalue weighted by Gasteiger charge is -2.29. The predicted octanol–water partition coefficient (Wildman–Crippen LogP) is 2.78. The number of morpholine rings is 1. The molecule has 1 N–H and O–H groups in total. The molecule has 1 aliphatic heterocycles. The van der Waals surface area contributed by atoms with Crippen LogP contribution in [0.15, 0.2) is 42.7 Å². The molecule has 0 aliphatic carbocycles. The summed E-state index contributed by atoms with van der Waals surface area (Å²) in [5, 5.41) is 3.46. The Hall–Kier alpha value is -2.73. The number of anilines is 2. The van der Waals surface area contributed by atoms with Crippen molar-refractivity contribution in [2.45, 2.75) is 13.5 Å². The lowest BCUT2D eigenvalue weighted by molar-refractivity contribution is 0.122. The molecule has 0 amide bonds. The van der Waals surface area contributed by atoms with Crippen molar-refractivity contribution in [1.29, 1.82) is 0 Å². The molecule has 1 aromatic carbocycles. The van der Waals surface area contributed by atoms with Gasteiger partial charge in [0.1, 0.15) is 0 Å². The van der Waals surface area contributed by atoms with Crippen molar-refractivity contribution in [2.24, 2.45) is 0 Å². The molecule has 6 nitrogen and oxygen atoms in total. The molecule has 1 fully saturated rings. The molecule has 0 unspecified atom stereocenters.